The molecule has 150 valence electrons. The van der Waals surface area contributed by atoms with E-state index in [-0.39, 0.29) is 12.6 Å². The maximum atomic E-state index is 11.8. The van der Waals surface area contributed by atoms with E-state index < -0.39 is 15.6 Å². The van der Waals surface area contributed by atoms with Gasteiger partial charge in [0.2, 0.25) is 0 Å². The molecule has 2 rings (SSSR count). The van der Waals surface area contributed by atoms with Crippen LogP contribution in [-0.4, -0.2) is 24.4 Å². The fraction of sp³-hybridized carbons (Fsp3) is 0.188. The summed E-state index contributed by atoms with van der Waals surface area (Å²) in [5.74, 6) is -0.385. The molecule has 0 atom stereocenters. The first-order valence-electron chi connectivity index (χ1n) is 7.18. The van der Waals surface area contributed by atoms with E-state index in [9.17, 15) is 18.0 Å². The van der Waals surface area contributed by atoms with E-state index in [0.717, 1.165) is 10.0 Å². The number of ether oxygens (including phenoxy) is 1. The van der Waals surface area contributed by atoms with Gasteiger partial charge >= 0.3 is 11.5 Å². The first-order valence-corrected chi connectivity index (χ1v) is 9.39. The van der Waals surface area contributed by atoms with Gasteiger partial charge in [0, 0.05) is 22.2 Å². The number of alkyl halides is 3. The van der Waals surface area contributed by atoms with E-state index in [1.54, 1.807) is 48.1 Å². The summed E-state index contributed by atoms with van der Waals surface area (Å²) in [6, 6.07) is 12.6. The Balaban J connectivity index is 0.000000416. The Morgan fingerprint density at radius 3 is 2.29 bits per heavy atom. The van der Waals surface area contributed by atoms with Crippen LogP contribution in [0.3, 0.4) is 0 Å². The molecule has 1 aromatic carbocycles. The molecule has 2 aromatic rings. The smallest absolute Gasteiger partial charge is 0.485 e. The lowest BCUT2D eigenvalue weighted by molar-refractivity contribution is -0.674. The monoisotopic (exact) mass is 480 g/mol. The maximum Gasteiger partial charge on any atom is 0.485 e. The zero-order chi connectivity index (χ0) is 21.5. The number of benzene rings is 1. The van der Waals surface area contributed by atoms with E-state index in [1.165, 1.54) is 0 Å². The number of nitrogens with zero attached hydrogens (tertiary/aromatic N) is 2. The number of hydrogen-bond acceptors (Lipinski definition) is 6. The van der Waals surface area contributed by atoms with Crippen LogP contribution < -0.4 is 4.57 Å². The highest BCUT2D eigenvalue weighted by Crippen LogP contribution is 2.20. The second-order valence-corrected chi connectivity index (χ2v) is 7.41. The van der Waals surface area contributed by atoms with Crippen molar-refractivity contribution < 1.29 is 40.2 Å². The number of rotatable bonds is 3. The number of carbonyl (C=O) groups excluding carboxylic acids is 1. The highest BCUT2D eigenvalue weighted by molar-refractivity contribution is 9.10. The third-order valence-electron chi connectivity index (χ3n) is 3.06. The summed E-state index contributed by atoms with van der Waals surface area (Å²) < 4.78 is 66.7. The summed E-state index contributed by atoms with van der Waals surface area (Å²) >= 11 is 3.31. The third-order valence-corrected chi connectivity index (χ3v) is 4.16. The number of hydrogen-bond donors (Lipinski definition) is 0. The lowest BCUT2D eigenvalue weighted by atomic mass is 10.2. The molecular weight excluding hydrogens is 469 g/mol. The Kier molecular flexibility index (Phi) is 8.10. The summed E-state index contributed by atoms with van der Waals surface area (Å²) in [5, 5.41) is 8.94. The molecular formula is C16H12BrF3N2O5S. The van der Waals surface area contributed by atoms with Crippen molar-refractivity contribution in [1.82, 2.24) is 0 Å². The summed E-state index contributed by atoms with van der Waals surface area (Å²) in [5.41, 5.74) is -3.85. The Morgan fingerprint density at radius 2 is 1.82 bits per heavy atom. The van der Waals surface area contributed by atoms with Gasteiger partial charge in [0.25, 0.3) is 5.69 Å². The second-order valence-electron chi connectivity index (χ2n) is 5.13. The van der Waals surface area contributed by atoms with E-state index in [0.29, 0.717) is 11.3 Å². The average Bonchev–Trinajstić information content (AvgIpc) is 2.60. The van der Waals surface area contributed by atoms with Gasteiger partial charge in [-0.25, -0.2) is 13.2 Å². The molecule has 0 unspecified atom stereocenters. The number of esters is 1. The van der Waals surface area contributed by atoms with Gasteiger partial charge < -0.3 is 9.29 Å². The molecule has 1 heterocycles. The molecule has 0 radical (unpaired) electrons. The molecule has 0 bridgehead atoms. The number of nitriles is 1. The van der Waals surface area contributed by atoms with Crippen molar-refractivity contribution in [2.75, 3.05) is 0 Å². The summed E-state index contributed by atoms with van der Waals surface area (Å²) in [6.45, 7) is 0.143. The Bertz CT molecular complexity index is 987. The van der Waals surface area contributed by atoms with Crippen LogP contribution in [0.1, 0.15) is 21.6 Å². The Labute approximate surface area is 166 Å². The van der Waals surface area contributed by atoms with Gasteiger partial charge in [0.15, 0.2) is 22.4 Å². The van der Waals surface area contributed by atoms with Gasteiger partial charge in [-0.15, -0.1) is 0 Å². The standard InChI is InChI=1S/C15H12BrN2O2.CHF3O3S/c1-18-7-6-11(8-14(18)9-17)10-20-15(19)12-2-4-13(16)5-3-12;2-1(3,4)8(5,6)7/h2-8H,10H2,1H3;(H,5,6,7)/q+1;/p-1. The van der Waals surface area contributed by atoms with Crippen LogP contribution in [0.5, 0.6) is 0 Å². The molecule has 1 aromatic heterocycles. The quantitative estimate of drug-likeness (QED) is 0.289. The van der Waals surface area contributed by atoms with Crippen LogP contribution in [0.15, 0.2) is 47.1 Å². The predicted octanol–water partition coefficient (Wildman–Crippen LogP) is 2.55. The Hall–Kier alpha value is -2.49. The summed E-state index contributed by atoms with van der Waals surface area (Å²) in [6.07, 6.45) is 1.77. The molecule has 0 saturated carbocycles. The van der Waals surface area contributed by atoms with Gasteiger partial charge in [-0.2, -0.15) is 23.0 Å². The summed E-state index contributed by atoms with van der Waals surface area (Å²) in [4.78, 5) is 11.8. The predicted molar refractivity (Wildman–Crippen MR) is 91.3 cm³/mol. The van der Waals surface area contributed by atoms with E-state index in [1.807, 2.05) is 6.07 Å². The van der Waals surface area contributed by atoms with Crippen LogP contribution in [0.25, 0.3) is 0 Å². The normalized spacial score (nSPS) is 11.0. The Morgan fingerprint density at radius 1 is 1.29 bits per heavy atom. The molecule has 0 aliphatic carbocycles. The van der Waals surface area contributed by atoms with Crippen LogP contribution in [0, 0.1) is 11.3 Å². The van der Waals surface area contributed by atoms with Gasteiger partial charge in [0.05, 0.1) is 5.56 Å². The number of aromatic nitrogens is 1. The lowest BCUT2D eigenvalue weighted by Crippen LogP contribution is -2.31. The second kappa shape index (κ2) is 9.63. The summed E-state index contributed by atoms with van der Waals surface area (Å²) in [7, 11) is -4.30. The zero-order valence-electron chi connectivity index (χ0n) is 14.1. The molecule has 7 nitrogen and oxygen atoms in total. The fourth-order valence-corrected chi connectivity index (χ4v) is 1.90. The molecule has 0 aliphatic rings. The van der Waals surface area contributed by atoms with Crippen molar-refractivity contribution in [2.24, 2.45) is 7.05 Å². The van der Waals surface area contributed by atoms with Gasteiger partial charge in [0.1, 0.15) is 13.7 Å². The van der Waals surface area contributed by atoms with E-state index in [2.05, 4.69) is 22.0 Å². The van der Waals surface area contributed by atoms with Crippen LogP contribution in [-0.2, 0) is 28.5 Å². The molecule has 0 N–H and O–H groups in total. The maximum absolute atomic E-state index is 11.8. The van der Waals surface area contributed by atoms with Crippen molar-refractivity contribution in [2.45, 2.75) is 12.1 Å². The minimum absolute atomic E-state index is 0.143. The van der Waals surface area contributed by atoms with Crippen molar-refractivity contribution in [3.63, 3.8) is 0 Å². The van der Waals surface area contributed by atoms with Crippen LogP contribution >= 0.6 is 15.9 Å². The van der Waals surface area contributed by atoms with Crippen molar-refractivity contribution >= 4 is 32.0 Å². The highest BCUT2D eigenvalue weighted by atomic mass is 79.9. The van der Waals surface area contributed by atoms with Gasteiger partial charge in [-0.1, -0.05) is 15.9 Å². The van der Waals surface area contributed by atoms with Crippen molar-refractivity contribution in [1.29, 1.82) is 5.26 Å². The topological polar surface area (TPSA) is 111 Å². The lowest BCUT2D eigenvalue weighted by Gasteiger charge is -2.08. The SMILES string of the molecule is C[n+]1ccc(COC(=O)c2ccc(Br)cc2)cc1C#N.O=S(=O)([O-])C(F)(F)F. The molecule has 0 fully saturated rings. The molecule has 0 amide bonds. The number of carbonyl (C=O) groups is 1. The highest BCUT2D eigenvalue weighted by Gasteiger charge is 2.36. The minimum Gasteiger partial charge on any atom is -0.741 e. The average molecular weight is 481 g/mol. The first kappa shape index (κ1) is 23.5. The van der Waals surface area contributed by atoms with E-state index >= 15 is 0 Å². The molecule has 0 aliphatic heterocycles. The first-order chi connectivity index (χ1) is 12.8. The van der Waals surface area contributed by atoms with Gasteiger partial charge in [-0.3, -0.25) is 0 Å². The van der Waals surface area contributed by atoms with Crippen molar-refractivity contribution in [3.8, 4) is 6.07 Å². The molecule has 28 heavy (non-hydrogen) atoms. The number of pyridine rings is 1. The third kappa shape index (κ3) is 7.26. The number of aryl methyl sites for hydroxylation is 1. The van der Waals surface area contributed by atoms with Crippen molar-refractivity contribution in [3.05, 3.63) is 63.9 Å². The zero-order valence-corrected chi connectivity index (χ0v) is 16.5. The van der Waals surface area contributed by atoms with E-state index in [4.69, 9.17) is 23.0 Å². The number of halogens is 4. The minimum atomic E-state index is -6.09. The van der Waals surface area contributed by atoms with Crippen LogP contribution in [0.4, 0.5) is 13.2 Å². The fourth-order valence-electron chi connectivity index (χ4n) is 1.63. The molecule has 0 saturated heterocycles. The van der Waals surface area contributed by atoms with Gasteiger partial charge in [-0.05, 0) is 24.3 Å². The largest absolute Gasteiger partial charge is 0.741 e. The molecule has 0 spiro atoms. The molecule has 12 heteroatoms. The van der Waals surface area contributed by atoms with Crippen LogP contribution in [0.2, 0.25) is 0 Å².